The lowest BCUT2D eigenvalue weighted by atomic mass is 10.4. The average molecular weight is 298 g/mol. The summed E-state index contributed by atoms with van der Waals surface area (Å²) in [6, 6.07) is 0. The second-order valence-electron chi connectivity index (χ2n) is 3.58. The van der Waals surface area contributed by atoms with Crippen molar-refractivity contribution < 1.29 is 4.79 Å². The van der Waals surface area contributed by atoms with E-state index in [-0.39, 0.29) is 5.91 Å². The van der Waals surface area contributed by atoms with Crippen LogP contribution in [0.1, 0.15) is 12.1 Å². The lowest BCUT2D eigenvalue weighted by molar-refractivity contribution is -0.117. The molecule has 0 atom stereocenters. The van der Waals surface area contributed by atoms with Crippen LogP contribution in [-0.4, -0.2) is 26.8 Å². The van der Waals surface area contributed by atoms with Crippen molar-refractivity contribution in [3.05, 3.63) is 28.9 Å². The fourth-order valence-electron chi connectivity index (χ4n) is 1.47. The van der Waals surface area contributed by atoms with E-state index in [1.54, 1.807) is 12.4 Å². The van der Waals surface area contributed by atoms with Crippen LogP contribution in [0.2, 0.25) is 0 Å². The van der Waals surface area contributed by atoms with Gasteiger partial charge < -0.3 is 11.1 Å². The van der Waals surface area contributed by atoms with Gasteiger partial charge in [0, 0.05) is 25.7 Å². The van der Waals surface area contributed by atoms with Crippen molar-refractivity contribution in [1.82, 2.24) is 19.7 Å². The number of nitrogens with two attached hydrogens (primary N) is 1. The fraction of sp³-hybridized carbons (Fsp3) is 0.300. The van der Waals surface area contributed by atoms with Gasteiger partial charge in [-0.2, -0.15) is 0 Å². The maximum atomic E-state index is 10.6. The van der Waals surface area contributed by atoms with Gasteiger partial charge in [0.05, 0.1) is 18.1 Å². The topological polar surface area (TPSA) is 85.3 Å². The molecule has 2 heterocycles. The summed E-state index contributed by atoms with van der Waals surface area (Å²) in [6.07, 6.45) is 5.66. The number of fused-ring (bicyclic) bond motifs is 1. The highest BCUT2D eigenvalue weighted by atomic mass is 79.9. The molecule has 2 rings (SSSR count). The predicted molar refractivity (Wildman–Crippen MR) is 66.2 cm³/mol. The number of aromatic nitrogens is 3. The highest BCUT2D eigenvalue weighted by Gasteiger charge is 2.03. The third kappa shape index (κ3) is 3.01. The molecule has 2 aromatic heterocycles. The highest BCUT2D eigenvalue weighted by Crippen LogP contribution is 2.10. The predicted octanol–water partition coefficient (Wildman–Crippen LogP) is 0.457. The first kappa shape index (κ1) is 12.0. The number of imidazole rings is 1. The van der Waals surface area contributed by atoms with Crippen molar-refractivity contribution in [2.45, 2.75) is 13.0 Å². The zero-order valence-electron chi connectivity index (χ0n) is 9.06. The number of nitrogens with zero attached hydrogens (tertiary/aromatic N) is 3. The molecule has 0 aliphatic heterocycles. The van der Waals surface area contributed by atoms with Crippen molar-refractivity contribution in [2.24, 2.45) is 5.73 Å². The Morgan fingerprint density at radius 2 is 2.29 bits per heavy atom. The lowest BCUT2D eigenvalue weighted by Gasteiger charge is -2.03. The van der Waals surface area contributed by atoms with E-state index in [9.17, 15) is 4.79 Å². The Balaban J connectivity index is 2.03. The quantitative estimate of drug-likeness (QED) is 0.785. The van der Waals surface area contributed by atoms with Gasteiger partial charge in [0.2, 0.25) is 5.91 Å². The summed E-state index contributed by atoms with van der Waals surface area (Å²) in [6.45, 7) is 1.19. The first-order valence-electron chi connectivity index (χ1n) is 5.13. The van der Waals surface area contributed by atoms with Gasteiger partial charge in [-0.05, 0) is 15.9 Å². The molecule has 0 fully saturated rings. The van der Waals surface area contributed by atoms with Crippen molar-refractivity contribution in [3.8, 4) is 0 Å². The molecule has 1 amide bonds. The van der Waals surface area contributed by atoms with Crippen LogP contribution >= 0.6 is 15.9 Å². The van der Waals surface area contributed by atoms with Gasteiger partial charge >= 0.3 is 0 Å². The van der Waals surface area contributed by atoms with E-state index >= 15 is 0 Å². The zero-order valence-corrected chi connectivity index (χ0v) is 10.6. The molecule has 0 radical (unpaired) electrons. The molecule has 0 aliphatic rings. The van der Waals surface area contributed by atoms with Crippen LogP contribution in [0.25, 0.3) is 5.65 Å². The van der Waals surface area contributed by atoms with Gasteiger partial charge in [0.1, 0.15) is 4.60 Å². The minimum absolute atomic E-state index is 0.303. The van der Waals surface area contributed by atoms with E-state index in [4.69, 9.17) is 5.73 Å². The first-order valence-corrected chi connectivity index (χ1v) is 5.92. The second kappa shape index (κ2) is 5.24. The molecule has 17 heavy (non-hydrogen) atoms. The molecular weight excluding hydrogens is 286 g/mol. The standard InChI is InChI=1S/C10H12BrN5O/c11-8-6-16-7(3-13-2-1-9(12)17)4-15-10(16)5-14-8/h4-6,13H,1-3H2,(H2,12,17). The van der Waals surface area contributed by atoms with Crippen LogP contribution in [0, 0.1) is 0 Å². The van der Waals surface area contributed by atoms with E-state index in [0.29, 0.717) is 19.5 Å². The third-order valence-electron chi connectivity index (χ3n) is 2.30. The van der Waals surface area contributed by atoms with Crippen LogP contribution in [-0.2, 0) is 11.3 Å². The summed E-state index contributed by atoms with van der Waals surface area (Å²) in [5.74, 6) is -0.303. The zero-order chi connectivity index (χ0) is 12.3. The number of nitrogens with one attached hydrogen (secondary N) is 1. The van der Waals surface area contributed by atoms with Gasteiger partial charge in [0.25, 0.3) is 0 Å². The first-order chi connectivity index (χ1) is 8.16. The lowest BCUT2D eigenvalue weighted by Crippen LogP contribution is -2.22. The van der Waals surface area contributed by atoms with Gasteiger partial charge in [0.15, 0.2) is 5.65 Å². The highest BCUT2D eigenvalue weighted by molar-refractivity contribution is 9.10. The summed E-state index contributed by atoms with van der Waals surface area (Å²) < 4.78 is 2.69. The third-order valence-corrected chi connectivity index (χ3v) is 2.70. The molecular formula is C10H12BrN5O. The smallest absolute Gasteiger partial charge is 0.218 e. The van der Waals surface area contributed by atoms with Gasteiger partial charge in [-0.1, -0.05) is 0 Å². The second-order valence-corrected chi connectivity index (χ2v) is 4.39. The maximum absolute atomic E-state index is 10.6. The summed E-state index contributed by atoms with van der Waals surface area (Å²) in [7, 11) is 0. The molecule has 0 spiro atoms. The normalized spacial score (nSPS) is 10.9. The number of halogens is 1. The molecule has 7 heteroatoms. The number of hydrogen-bond donors (Lipinski definition) is 2. The summed E-state index contributed by atoms with van der Waals surface area (Å²) in [4.78, 5) is 18.9. The summed E-state index contributed by atoms with van der Waals surface area (Å²) in [5, 5.41) is 3.13. The number of hydrogen-bond acceptors (Lipinski definition) is 4. The molecule has 6 nitrogen and oxygen atoms in total. The fourth-order valence-corrected chi connectivity index (χ4v) is 1.78. The number of rotatable bonds is 5. The Bertz CT molecular complexity index is 538. The Morgan fingerprint density at radius 1 is 1.47 bits per heavy atom. The van der Waals surface area contributed by atoms with Crippen LogP contribution < -0.4 is 11.1 Å². The monoisotopic (exact) mass is 297 g/mol. The van der Waals surface area contributed by atoms with E-state index < -0.39 is 0 Å². The number of amides is 1. The Hall–Kier alpha value is -1.47. The Kier molecular flexibility index (Phi) is 3.70. The van der Waals surface area contributed by atoms with Crippen LogP contribution in [0.3, 0.4) is 0 Å². The Labute approximate surface area is 106 Å². The number of carbonyl (C=O) groups excluding carboxylic acids is 1. The largest absolute Gasteiger partial charge is 0.370 e. The minimum Gasteiger partial charge on any atom is -0.370 e. The average Bonchev–Trinajstić information content (AvgIpc) is 2.67. The number of carbonyl (C=O) groups is 1. The SMILES string of the molecule is NC(=O)CCNCc1cnc2cnc(Br)cn12. The van der Waals surface area contributed by atoms with Crippen molar-refractivity contribution >= 4 is 27.5 Å². The molecule has 3 N–H and O–H groups in total. The molecule has 0 unspecified atom stereocenters. The molecule has 0 aromatic carbocycles. The molecule has 2 aromatic rings. The van der Waals surface area contributed by atoms with Gasteiger partial charge in [-0.25, -0.2) is 9.97 Å². The molecule has 0 aliphatic carbocycles. The minimum atomic E-state index is -0.303. The number of primary amides is 1. The van der Waals surface area contributed by atoms with Gasteiger partial charge in [-0.3, -0.25) is 9.20 Å². The molecule has 0 saturated carbocycles. The molecule has 90 valence electrons. The van der Waals surface area contributed by atoms with E-state index in [2.05, 4.69) is 31.2 Å². The Morgan fingerprint density at radius 3 is 3.06 bits per heavy atom. The van der Waals surface area contributed by atoms with E-state index in [0.717, 1.165) is 15.9 Å². The summed E-state index contributed by atoms with van der Waals surface area (Å²) in [5.41, 5.74) is 6.85. The van der Waals surface area contributed by atoms with Crippen molar-refractivity contribution in [1.29, 1.82) is 0 Å². The van der Waals surface area contributed by atoms with Crippen molar-refractivity contribution in [2.75, 3.05) is 6.54 Å². The summed E-state index contributed by atoms with van der Waals surface area (Å²) >= 11 is 3.31. The van der Waals surface area contributed by atoms with E-state index in [1.165, 1.54) is 0 Å². The molecule has 0 saturated heterocycles. The maximum Gasteiger partial charge on any atom is 0.218 e. The molecule has 0 bridgehead atoms. The van der Waals surface area contributed by atoms with Crippen LogP contribution in [0.5, 0.6) is 0 Å². The van der Waals surface area contributed by atoms with E-state index in [1.807, 2.05) is 10.6 Å². The van der Waals surface area contributed by atoms with Crippen LogP contribution in [0.4, 0.5) is 0 Å². The van der Waals surface area contributed by atoms with Crippen LogP contribution in [0.15, 0.2) is 23.2 Å². The van der Waals surface area contributed by atoms with Crippen molar-refractivity contribution in [3.63, 3.8) is 0 Å². The van der Waals surface area contributed by atoms with Gasteiger partial charge in [-0.15, -0.1) is 0 Å².